The van der Waals surface area contributed by atoms with Crippen LogP contribution in [-0.2, 0) is 0 Å². The number of nitrogens with zero attached hydrogens (tertiary/aromatic N) is 2. The second-order valence-electron chi connectivity index (χ2n) is 2.82. The molecule has 0 aliphatic rings. The Bertz CT molecular complexity index is 547. The van der Waals surface area contributed by atoms with Gasteiger partial charge in [0.05, 0.1) is 11.0 Å². The number of rotatable bonds is 2. The van der Waals surface area contributed by atoms with Gasteiger partial charge in [-0.1, -0.05) is 0 Å². The molecule has 0 bridgehead atoms. The minimum Gasteiger partial charge on any atom is -0.401 e. The summed E-state index contributed by atoms with van der Waals surface area (Å²) in [6, 6.07) is 4.95. The first-order valence-electron chi connectivity index (χ1n) is 3.90. The van der Waals surface area contributed by atoms with Crippen molar-refractivity contribution in [2.24, 2.45) is 0 Å². The topological polar surface area (TPSA) is 99.4 Å². The van der Waals surface area contributed by atoms with E-state index in [1.165, 1.54) is 18.2 Å². The van der Waals surface area contributed by atoms with E-state index in [-0.39, 0.29) is 11.3 Å². The molecule has 0 saturated heterocycles. The highest BCUT2D eigenvalue weighted by molar-refractivity contribution is 5.81. The van der Waals surface area contributed by atoms with Crippen molar-refractivity contribution in [3.63, 3.8) is 0 Å². The molecule has 0 atom stereocenters. The summed E-state index contributed by atoms with van der Waals surface area (Å²) < 4.78 is 4.84. The summed E-state index contributed by atoms with van der Waals surface area (Å²) in [7, 11) is 0. The fourth-order valence-electron chi connectivity index (χ4n) is 1.22. The van der Waals surface area contributed by atoms with Crippen LogP contribution in [0, 0.1) is 20.2 Å². The largest absolute Gasteiger partial charge is 0.434 e. The van der Waals surface area contributed by atoms with Gasteiger partial charge < -0.3 is 4.42 Å². The Morgan fingerprint density at radius 1 is 1.07 bits per heavy atom. The van der Waals surface area contributed by atoms with Crippen LogP contribution < -0.4 is 0 Å². The molecule has 15 heavy (non-hydrogen) atoms. The SMILES string of the molecule is O=[N+]([O-])c1ccc2oc([N+](=O)[O-])cc2c1. The molecule has 0 aliphatic carbocycles. The van der Waals surface area contributed by atoms with Crippen LogP contribution in [0.25, 0.3) is 11.0 Å². The van der Waals surface area contributed by atoms with Crippen molar-refractivity contribution in [1.29, 1.82) is 0 Å². The number of non-ortho nitro benzene ring substituents is 1. The Hall–Kier alpha value is -2.44. The fraction of sp³-hybridized carbons (Fsp3) is 0. The number of nitro groups is 2. The van der Waals surface area contributed by atoms with Crippen LogP contribution in [0.1, 0.15) is 0 Å². The van der Waals surface area contributed by atoms with Crippen LogP contribution in [0.3, 0.4) is 0 Å². The molecule has 0 unspecified atom stereocenters. The van der Waals surface area contributed by atoms with Gasteiger partial charge >= 0.3 is 5.88 Å². The average Bonchev–Trinajstić information content (AvgIpc) is 2.59. The summed E-state index contributed by atoms with van der Waals surface area (Å²) in [5.74, 6) is -0.425. The first kappa shape index (κ1) is 9.13. The third-order valence-corrected chi connectivity index (χ3v) is 1.88. The molecule has 2 aromatic rings. The summed E-state index contributed by atoms with van der Waals surface area (Å²) in [5.41, 5.74) is 0.130. The fourth-order valence-corrected chi connectivity index (χ4v) is 1.22. The number of hydrogen-bond acceptors (Lipinski definition) is 5. The molecule has 0 N–H and O–H groups in total. The highest BCUT2D eigenvalue weighted by Crippen LogP contribution is 2.27. The van der Waals surface area contributed by atoms with Gasteiger partial charge in [0.1, 0.15) is 10.5 Å². The predicted molar refractivity (Wildman–Crippen MR) is 49.5 cm³/mol. The zero-order valence-corrected chi connectivity index (χ0v) is 7.25. The van der Waals surface area contributed by atoms with Gasteiger partial charge in [-0.05, 0) is 6.07 Å². The molecule has 76 valence electrons. The van der Waals surface area contributed by atoms with Crippen LogP contribution in [0.4, 0.5) is 11.6 Å². The highest BCUT2D eigenvalue weighted by Gasteiger charge is 2.15. The maximum absolute atomic E-state index is 10.4. The van der Waals surface area contributed by atoms with Gasteiger partial charge in [0.15, 0.2) is 0 Å². The number of fused-ring (bicyclic) bond motifs is 1. The van der Waals surface area contributed by atoms with E-state index >= 15 is 0 Å². The van der Waals surface area contributed by atoms with E-state index in [0.29, 0.717) is 5.39 Å². The lowest BCUT2D eigenvalue weighted by Gasteiger charge is -1.88. The van der Waals surface area contributed by atoms with Crippen LogP contribution in [-0.4, -0.2) is 9.85 Å². The summed E-state index contributed by atoms with van der Waals surface area (Å²) in [5, 5.41) is 21.1. The number of hydrogen-bond donors (Lipinski definition) is 0. The standard InChI is InChI=1S/C8H4N2O5/c11-9(12)6-1-2-7-5(3-6)4-8(15-7)10(13)14/h1-4H. The Kier molecular flexibility index (Phi) is 1.86. The van der Waals surface area contributed by atoms with E-state index in [9.17, 15) is 20.2 Å². The van der Waals surface area contributed by atoms with Crippen LogP contribution in [0.2, 0.25) is 0 Å². The summed E-state index contributed by atoms with van der Waals surface area (Å²) in [4.78, 5) is 19.5. The first-order chi connectivity index (χ1) is 7.08. The van der Waals surface area contributed by atoms with Crippen LogP contribution in [0.15, 0.2) is 28.7 Å². The lowest BCUT2D eigenvalue weighted by molar-refractivity contribution is -0.401. The van der Waals surface area contributed by atoms with Crippen molar-refractivity contribution < 1.29 is 14.3 Å². The molecule has 2 rings (SSSR count). The first-order valence-corrected chi connectivity index (χ1v) is 3.90. The molecule has 1 aromatic heterocycles. The summed E-state index contributed by atoms with van der Waals surface area (Å²) in [6.07, 6.45) is 0. The molecule has 0 fully saturated rings. The van der Waals surface area contributed by atoms with Crippen molar-refractivity contribution in [2.45, 2.75) is 0 Å². The van der Waals surface area contributed by atoms with E-state index < -0.39 is 15.7 Å². The third kappa shape index (κ3) is 1.50. The molecule has 7 heteroatoms. The van der Waals surface area contributed by atoms with Gasteiger partial charge in [-0.25, -0.2) is 0 Å². The summed E-state index contributed by atoms with van der Waals surface area (Å²) >= 11 is 0. The molecule has 7 nitrogen and oxygen atoms in total. The second-order valence-corrected chi connectivity index (χ2v) is 2.82. The number of nitro benzene ring substituents is 1. The second kappa shape index (κ2) is 3.05. The van der Waals surface area contributed by atoms with E-state index in [4.69, 9.17) is 4.42 Å². The monoisotopic (exact) mass is 208 g/mol. The Balaban J connectivity index is 2.62. The van der Waals surface area contributed by atoms with Gasteiger partial charge in [0, 0.05) is 17.5 Å². The molecule has 0 spiro atoms. The lowest BCUT2D eigenvalue weighted by atomic mass is 10.2. The third-order valence-electron chi connectivity index (χ3n) is 1.88. The lowest BCUT2D eigenvalue weighted by Crippen LogP contribution is -1.85. The quantitative estimate of drug-likeness (QED) is 0.556. The van der Waals surface area contributed by atoms with Crippen molar-refractivity contribution in [2.75, 3.05) is 0 Å². The van der Waals surface area contributed by atoms with E-state index in [1.807, 2.05) is 0 Å². The van der Waals surface area contributed by atoms with Crippen molar-refractivity contribution in [3.8, 4) is 0 Å². The minimum atomic E-state index is -0.689. The Morgan fingerprint density at radius 3 is 2.40 bits per heavy atom. The van der Waals surface area contributed by atoms with Crippen LogP contribution in [0.5, 0.6) is 0 Å². The summed E-state index contributed by atoms with van der Waals surface area (Å²) in [6.45, 7) is 0. The maximum atomic E-state index is 10.4. The highest BCUT2D eigenvalue weighted by atomic mass is 16.6. The minimum absolute atomic E-state index is 0.127. The van der Waals surface area contributed by atoms with E-state index in [2.05, 4.69) is 0 Å². The molecule has 0 saturated carbocycles. The molecular formula is C8H4N2O5. The van der Waals surface area contributed by atoms with E-state index in [0.717, 1.165) is 6.07 Å². The molecule has 0 radical (unpaired) electrons. The maximum Gasteiger partial charge on any atom is 0.434 e. The predicted octanol–water partition coefficient (Wildman–Crippen LogP) is 2.25. The van der Waals surface area contributed by atoms with E-state index in [1.54, 1.807) is 0 Å². The zero-order chi connectivity index (χ0) is 11.0. The smallest absolute Gasteiger partial charge is 0.401 e. The van der Waals surface area contributed by atoms with Crippen LogP contribution >= 0.6 is 0 Å². The average molecular weight is 208 g/mol. The van der Waals surface area contributed by atoms with Gasteiger partial charge in [-0.15, -0.1) is 0 Å². The van der Waals surface area contributed by atoms with Gasteiger partial charge in [-0.3, -0.25) is 20.2 Å². The van der Waals surface area contributed by atoms with Gasteiger partial charge in [-0.2, -0.15) is 0 Å². The zero-order valence-electron chi connectivity index (χ0n) is 7.25. The normalized spacial score (nSPS) is 10.4. The van der Waals surface area contributed by atoms with Crippen molar-refractivity contribution in [1.82, 2.24) is 0 Å². The molecule has 0 amide bonds. The van der Waals surface area contributed by atoms with Gasteiger partial charge in [0.2, 0.25) is 0 Å². The number of furan rings is 1. The van der Waals surface area contributed by atoms with Crippen molar-refractivity contribution in [3.05, 3.63) is 44.5 Å². The van der Waals surface area contributed by atoms with Gasteiger partial charge in [0.25, 0.3) is 5.69 Å². The number of benzene rings is 1. The molecule has 1 aromatic carbocycles. The molecule has 0 aliphatic heterocycles. The Morgan fingerprint density at radius 2 is 1.80 bits per heavy atom. The Labute approximate surface area is 82.2 Å². The molecule has 1 heterocycles. The molecular weight excluding hydrogens is 204 g/mol. The van der Waals surface area contributed by atoms with Crippen molar-refractivity contribution >= 4 is 22.5 Å².